The summed E-state index contributed by atoms with van der Waals surface area (Å²) in [7, 11) is 0. The molecule has 0 aliphatic rings. The smallest absolute Gasteiger partial charge is 0.236 e. The highest BCUT2D eigenvalue weighted by Crippen LogP contribution is 2.23. The summed E-state index contributed by atoms with van der Waals surface area (Å²) in [4.78, 5) is 13.1. The molecule has 1 amide bonds. The van der Waals surface area contributed by atoms with Gasteiger partial charge in [-0.05, 0) is 30.2 Å². The SMILES string of the molecule is CCCCN(CC(N)=O)c1cc(Br)cc(CN)c1. The molecule has 0 aliphatic heterocycles. The van der Waals surface area contributed by atoms with Crippen LogP contribution in [-0.2, 0) is 11.3 Å². The highest BCUT2D eigenvalue weighted by Gasteiger charge is 2.10. The van der Waals surface area contributed by atoms with Gasteiger partial charge in [-0.25, -0.2) is 0 Å². The fraction of sp³-hybridized carbons (Fsp3) is 0.462. The lowest BCUT2D eigenvalue weighted by atomic mass is 10.1. The van der Waals surface area contributed by atoms with Crippen LogP contribution in [0.5, 0.6) is 0 Å². The van der Waals surface area contributed by atoms with Crippen LogP contribution in [0.3, 0.4) is 0 Å². The number of benzene rings is 1. The van der Waals surface area contributed by atoms with Crippen LogP contribution in [0.15, 0.2) is 22.7 Å². The number of carbonyl (C=O) groups excluding carboxylic acids is 1. The van der Waals surface area contributed by atoms with Gasteiger partial charge in [-0.1, -0.05) is 29.3 Å². The molecule has 18 heavy (non-hydrogen) atoms. The molecular formula is C13H20BrN3O. The maximum absolute atomic E-state index is 11.1. The zero-order valence-electron chi connectivity index (χ0n) is 10.7. The fourth-order valence-electron chi connectivity index (χ4n) is 1.77. The van der Waals surface area contributed by atoms with E-state index in [1.165, 1.54) is 0 Å². The molecule has 100 valence electrons. The molecule has 0 heterocycles. The minimum absolute atomic E-state index is 0.237. The Balaban J connectivity index is 2.95. The van der Waals surface area contributed by atoms with Crippen molar-refractivity contribution in [2.75, 3.05) is 18.0 Å². The first-order valence-corrected chi connectivity index (χ1v) is 6.89. The number of anilines is 1. The summed E-state index contributed by atoms with van der Waals surface area (Å²) in [6.45, 7) is 3.65. The number of nitrogens with two attached hydrogens (primary N) is 2. The van der Waals surface area contributed by atoms with Crippen LogP contribution >= 0.6 is 15.9 Å². The van der Waals surface area contributed by atoms with Gasteiger partial charge in [0, 0.05) is 23.2 Å². The molecule has 5 heteroatoms. The van der Waals surface area contributed by atoms with E-state index in [-0.39, 0.29) is 12.5 Å². The van der Waals surface area contributed by atoms with Crippen molar-refractivity contribution in [3.63, 3.8) is 0 Å². The largest absolute Gasteiger partial charge is 0.368 e. The predicted octanol–water partition coefficient (Wildman–Crippen LogP) is 2.00. The number of primary amides is 1. The molecule has 0 bridgehead atoms. The van der Waals surface area contributed by atoms with Gasteiger partial charge < -0.3 is 16.4 Å². The van der Waals surface area contributed by atoms with Gasteiger partial charge in [0.15, 0.2) is 0 Å². The molecular weight excluding hydrogens is 294 g/mol. The average Bonchev–Trinajstić information content (AvgIpc) is 2.33. The van der Waals surface area contributed by atoms with Crippen LogP contribution in [0.25, 0.3) is 0 Å². The van der Waals surface area contributed by atoms with E-state index in [1.807, 2.05) is 23.1 Å². The molecule has 1 rings (SSSR count). The van der Waals surface area contributed by atoms with Crippen LogP contribution in [0.4, 0.5) is 5.69 Å². The third kappa shape index (κ3) is 4.66. The van der Waals surface area contributed by atoms with Crippen LogP contribution in [0.1, 0.15) is 25.3 Å². The number of hydrogen-bond acceptors (Lipinski definition) is 3. The Hall–Kier alpha value is -1.07. The number of hydrogen-bond donors (Lipinski definition) is 2. The van der Waals surface area contributed by atoms with Gasteiger partial charge in [-0.3, -0.25) is 4.79 Å². The topological polar surface area (TPSA) is 72.3 Å². The molecule has 0 unspecified atom stereocenters. The van der Waals surface area contributed by atoms with Crippen molar-refractivity contribution in [2.24, 2.45) is 11.5 Å². The van der Waals surface area contributed by atoms with E-state index in [9.17, 15) is 4.79 Å². The standard InChI is InChI=1S/C13H20BrN3O/c1-2-3-4-17(9-13(16)18)12-6-10(8-15)5-11(14)7-12/h5-7H,2-4,8-9,15H2,1H3,(H2,16,18). The molecule has 1 aromatic rings. The normalized spacial score (nSPS) is 10.4. The first kappa shape index (κ1) is 15.0. The summed E-state index contributed by atoms with van der Waals surface area (Å²) in [5.41, 5.74) is 13.0. The van der Waals surface area contributed by atoms with Crippen molar-refractivity contribution in [2.45, 2.75) is 26.3 Å². The summed E-state index contributed by atoms with van der Waals surface area (Å²) in [5.74, 6) is -0.319. The fourth-order valence-corrected chi connectivity index (χ4v) is 2.30. The van der Waals surface area contributed by atoms with Gasteiger partial charge in [0.05, 0.1) is 6.54 Å². The van der Waals surface area contributed by atoms with Crippen molar-refractivity contribution < 1.29 is 4.79 Å². The minimum atomic E-state index is -0.319. The van der Waals surface area contributed by atoms with Gasteiger partial charge in [0.25, 0.3) is 0 Å². The van der Waals surface area contributed by atoms with Crippen molar-refractivity contribution in [1.29, 1.82) is 0 Å². The second-order valence-corrected chi connectivity index (χ2v) is 5.18. The summed E-state index contributed by atoms with van der Waals surface area (Å²) >= 11 is 3.46. The Bertz CT molecular complexity index is 409. The van der Waals surface area contributed by atoms with Gasteiger partial charge in [-0.15, -0.1) is 0 Å². The molecule has 0 saturated carbocycles. The van der Waals surface area contributed by atoms with E-state index >= 15 is 0 Å². The summed E-state index contributed by atoms with van der Waals surface area (Å²) in [6, 6.07) is 5.97. The van der Waals surface area contributed by atoms with Crippen molar-refractivity contribution in [3.8, 4) is 0 Å². The maximum Gasteiger partial charge on any atom is 0.236 e. The molecule has 1 aromatic carbocycles. The molecule has 0 fully saturated rings. The molecule has 0 aromatic heterocycles. The molecule has 0 saturated heterocycles. The Morgan fingerprint density at radius 3 is 2.67 bits per heavy atom. The zero-order valence-corrected chi connectivity index (χ0v) is 12.2. The van der Waals surface area contributed by atoms with Crippen LogP contribution in [0, 0.1) is 0 Å². The van der Waals surface area contributed by atoms with E-state index in [4.69, 9.17) is 11.5 Å². The molecule has 0 atom stereocenters. The Morgan fingerprint density at radius 2 is 2.11 bits per heavy atom. The van der Waals surface area contributed by atoms with Gasteiger partial charge >= 0.3 is 0 Å². The second kappa shape index (κ2) is 7.38. The molecule has 4 N–H and O–H groups in total. The van der Waals surface area contributed by atoms with Crippen LogP contribution < -0.4 is 16.4 Å². The van der Waals surface area contributed by atoms with E-state index in [0.717, 1.165) is 35.1 Å². The highest BCUT2D eigenvalue weighted by molar-refractivity contribution is 9.10. The third-order valence-electron chi connectivity index (χ3n) is 2.67. The number of amides is 1. The molecule has 0 spiro atoms. The highest BCUT2D eigenvalue weighted by atomic mass is 79.9. The number of nitrogens with zero attached hydrogens (tertiary/aromatic N) is 1. The Morgan fingerprint density at radius 1 is 1.39 bits per heavy atom. The second-order valence-electron chi connectivity index (χ2n) is 4.26. The molecule has 4 nitrogen and oxygen atoms in total. The van der Waals surface area contributed by atoms with Gasteiger partial charge in [0.1, 0.15) is 0 Å². The summed E-state index contributed by atoms with van der Waals surface area (Å²) in [6.07, 6.45) is 2.10. The van der Waals surface area contributed by atoms with Crippen molar-refractivity contribution in [1.82, 2.24) is 0 Å². The summed E-state index contributed by atoms with van der Waals surface area (Å²) in [5, 5.41) is 0. The molecule has 0 aliphatic carbocycles. The lowest BCUT2D eigenvalue weighted by molar-refractivity contribution is -0.116. The van der Waals surface area contributed by atoms with Crippen LogP contribution in [0.2, 0.25) is 0 Å². The lowest BCUT2D eigenvalue weighted by Gasteiger charge is -2.24. The molecule has 0 radical (unpaired) electrons. The van der Waals surface area contributed by atoms with E-state index in [2.05, 4.69) is 22.9 Å². The maximum atomic E-state index is 11.1. The Labute approximate surface area is 116 Å². The predicted molar refractivity (Wildman–Crippen MR) is 78.3 cm³/mol. The minimum Gasteiger partial charge on any atom is -0.368 e. The number of unbranched alkanes of at least 4 members (excludes halogenated alkanes) is 1. The Kier molecular flexibility index (Phi) is 6.15. The van der Waals surface area contributed by atoms with E-state index < -0.39 is 0 Å². The number of carbonyl (C=O) groups is 1. The third-order valence-corrected chi connectivity index (χ3v) is 3.13. The monoisotopic (exact) mass is 313 g/mol. The van der Waals surface area contributed by atoms with E-state index in [0.29, 0.717) is 6.54 Å². The van der Waals surface area contributed by atoms with Crippen LogP contribution in [-0.4, -0.2) is 19.0 Å². The van der Waals surface area contributed by atoms with Gasteiger partial charge in [0.2, 0.25) is 5.91 Å². The first-order valence-electron chi connectivity index (χ1n) is 6.09. The van der Waals surface area contributed by atoms with Crippen molar-refractivity contribution in [3.05, 3.63) is 28.2 Å². The quantitative estimate of drug-likeness (QED) is 0.808. The first-order chi connectivity index (χ1) is 8.56. The summed E-state index contributed by atoms with van der Waals surface area (Å²) < 4.78 is 0.964. The average molecular weight is 314 g/mol. The van der Waals surface area contributed by atoms with Gasteiger partial charge in [-0.2, -0.15) is 0 Å². The van der Waals surface area contributed by atoms with Crippen molar-refractivity contribution >= 4 is 27.5 Å². The van der Waals surface area contributed by atoms with E-state index in [1.54, 1.807) is 0 Å². The zero-order chi connectivity index (χ0) is 13.5. The number of halogens is 1. The number of rotatable bonds is 7. The lowest BCUT2D eigenvalue weighted by Crippen LogP contribution is -2.34.